The van der Waals surface area contributed by atoms with Crippen molar-refractivity contribution in [2.45, 2.75) is 51.0 Å². The fraction of sp³-hybridized carbons (Fsp3) is 0.400. The molecule has 1 aliphatic heterocycles. The average molecular weight is 470 g/mol. The highest BCUT2D eigenvalue weighted by Crippen LogP contribution is 2.27. The van der Waals surface area contributed by atoms with E-state index in [1.54, 1.807) is 27.8 Å². The van der Waals surface area contributed by atoms with Crippen molar-refractivity contribution in [1.82, 2.24) is 8.87 Å². The number of para-hydroxylation sites is 1. The molecule has 170 valence electrons. The summed E-state index contributed by atoms with van der Waals surface area (Å²) in [7, 11) is -3.43. The molecule has 4 rings (SSSR count). The third-order valence-electron chi connectivity index (χ3n) is 6.04. The number of hydrogen-bond donors (Lipinski definition) is 0. The highest BCUT2D eigenvalue weighted by Gasteiger charge is 2.28. The first kappa shape index (κ1) is 23.0. The van der Waals surface area contributed by atoms with E-state index in [-0.39, 0.29) is 0 Å². The van der Waals surface area contributed by atoms with Crippen molar-refractivity contribution < 1.29 is 8.42 Å². The second-order valence-electron chi connectivity index (χ2n) is 8.47. The minimum absolute atomic E-state index is 0.375. The predicted octanol–water partition coefficient (Wildman–Crippen LogP) is 5.67. The summed E-state index contributed by atoms with van der Waals surface area (Å²) in [5.74, 6) is 0.594. The first-order chi connectivity index (χ1) is 15.5. The number of thiazole rings is 1. The minimum atomic E-state index is -3.43. The Labute approximate surface area is 195 Å². The van der Waals surface area contributed by atoms with Crippen LogP contribution in [0.3, 0.4) is 0 Å². The molecule has 3 aromatic rings. The Balaban J connectivity index is 1.65. The molecule has 0 atom stereocenters. The molecule has 2 heterocycles. The molecule has 32 heavy (non-hydrogen) atoms. The molecular formula is C25H31N3O2S2. The number of aromatic nitrogens is 1. The van der Waals surface area contributed by atoms with Gasteiger partial charge in [0.1, 0.15) is 0 Å². The Hall–Kier alpha value is -2.22. The fourth-order valence-corrected chi connectivity index (χ4v) is 6.39. The summed E-state index contributed by atoms with van der Waals surface area (Å²) in [6.07, 6.45) is 4.01. The van der Waals surface area contributed by atoms with Crippen LogP contribution in [0.4, 0.5) is 5.69 Å². The van der Waals surface area contributed by atoms with Crippen LogP contribution in [0.1, 0.15) is 39.5 Å². The molecular weight excluding hydrogens is 438 g/mol. The molecule has 1 fully saturated rings. The van der Waals surface area contributed by atoms with Gasteiger partial charge in [-0.2, -0.15) is 4.31 Å². The summed E-state index contributed by atoms with van der Waals surface area (Å²) in [6, 6.07) is 17.3. The second kappa shape index (κ2) is 10.1. The minimum Gasteiger partial charge on any atom is -0.316 e. The van der Waals surface area contributed by atoms with Gasteiger partial charge in [-0.1, -0.05) is 50.6 Å². The summed E-state index contributed by atoms with van der Waals surface area (Å²) in [4.78, 5) is 6.18. The van der Waals surface area contributed by atoms with Crippen molar-refractivity contribution in [3.05, 3.63) is 64.8 Å². The maximum atomic E-state index is 13.1. The Morgan fingerprint density at radius 3 is 2.38 bits per heavy atom. The lowest BCUT2D eigenvalue weighted by Gasteiger charge is -2.29. The average Bonchev–Trinajstić information content (AvgIpc) is 3.21. The monoisotopic (exact) mass is 469 g/mol. The van der Waals surface area contributed by atoms with E-state index in [4.69, 9.17) is 4.99 Å². The van der Waals surface area contributed by atoms with E-state index in [1.807, 2.05) is 42.5 Å². The van der Waals surface area contributed by atoms with Crippen LogP contribution in [0.5, 0.6) is 0 Å². The molecule has 5 nitrogen and oxygen atoms in total. The van der Waals surface area contributed by atoms with Crippen LogP contribution in [0.2, 0.25) is 0 Å². The zero-order valence-electron chi connectivity index (χ0n) is 18.8. The van der Waals surface area contributed by atoms with Gasteiger partial charge in [0.05, 0.1) is 16.3 Å². The van der Waals surface area contributed by atoms with Crippen molar-refractivity contribution >= 4 is 27.0 Å². The van der Waals surface area contributed by atoms with E-state index in [1.165, 1.54) is 0 Å². The maximum absolute atomic E-state index is 13.1. The van der Waals surface area contributed by atoms with Gasteiger partial charge < -0.3 is 4.57 Å². The third kappa shape index (κ3) is 5.05. The number of piperidine rings is 1. The lowest BCUT2D eigenvalue weighted by molar-refractivity contribution is 0.288. The van der Waals surface area contributed by atoms with Gasteiger partial charge in [0.2, 0.25) is 10.0 Å². The van der Waals surface area contributed by atoms with Crippen LogP contribution in [0.25, 0.3) is 11.3 Å². The molecule has 7 heteroatoms. The second-order valence-corrected chi connectivity index (χ2v) is 11.2. The maximum Gasteiger partial charge on any atom is 0.243 e. The van der Waals surface area contributed by atoms with E-state index in [2.05, 4.69) is 23.8 Å². The third-order valence-corrected chi connectivity index (χ3v) is 8.82. The van der Waals surface area contributed by atoms with Crippen LogP contribution in [0.15, 0.2) is 69.9 Å². The Morgan fingerprint density at radius 2 is 1.72 bits per heavy atom. The van der Waals surface area contributed by atoms with E-state index < -0.39 is 10.0 Å². The highest BCUT2D eigenvalue weighted by atomic mass is 32.2. The van der Waals surface area contributed by atoms with Gasteiger partial charge in [0, 0.05) is 25.0 Å². The molecule has 0 spiro atoms. The molecule has 0 N–H and O–H groups in total. The number of hydrogen-bond acceptors (Lipinski definition) is 4. The highest BCUT2D eigenvalue weighted by molar-refractivity contribution is 7.89. The molecule has 0 amide bonds. The molecule has 0 aliphatic carbocycles. The van der Waals surface area contributed by atoms with Crippen LogP contribution in [-0.2, 0) is 16.6 Å². The summed E-state index contributed by atoms with van der Waals surface area (Å²) < 4.78 is 30.0. The molecule has 0 saturated carbocycles. The first-order valence-electron chi connectivity index (χ1n) is 11.4. The topological polar surface area (TPSA) is 54.7 Å². The smallest absolute Gasteiger partial charge is 0.243 e. The lowest BCUT2D eigenvalue weighted by atomic mass is 10.0. The Morgan fingerprint density at radius 1 is 1.03 bits per heavy atom. The Kier molecular flexibility index (Phi) is 7.28. The molecule has 1 aromatic heterocycles. The van der Waals surface area contributed by atoms with Crippen molar-refractivity contribution in [1.29, 1.82) is 0 Å². The number of sulfonamides is 1. The van der Waals surface area contributed by atoms with Gasteiger partial charge in [0.15, 0.2) is 4.80 Å². The van der Waals surface area contributed by atoms with Crippen LogP contribution >= 0.6 is 11.3 Å². The molecule has 1 saturated heterocycles. The van der Waals surface area contributed by atoms with Gasteiger partial charge in [-0.3, -0.25) is 0 Å². The van der Waals surface area contributed by atoms with Gasteiger partial charge in [-0.25, -0.2) is 13.4 Å². The molecule has 2 aromatic carbocycles. The molecule has 0 radical (unpaired) electrons. The van der Waals surface area contributed by atoms with Crippen molar-refractivity contribution in [3.8, 4) is 11.3 Å². The van der Waals surface area contributed by atoms with E-state index in [9.17, 15) is 8.42 Å². The van der Waals surface area contributed by atoms with E-state index >= 15 is 0 Å². The SMILES string of the molecule is CCCCn1c(-c2ccc(S(=O)(=O)N3CCC(C)CC3)cc2)csc1=Nc1ccccc1. The normalized spacial score (nSPS) is 16.5. The van der Waals surface area contributed by atoms with E-state index in [0.717, 1.165) is 54.0 Å². The zero-order valence-corrected chi connectivity index (χ0v) is 20.4. The summed E-state index contributed by atoms with van der Waals surface area (Å²) >= 11 is 1.62. The Bertz CT molecular complexity index is 1190. The molecule has 1 aliphatic rings. The summed E-state index contributed by atoms with van der Waals surface area (Å²) in [5, 5.41) is 2.12. The standard InChI is InChI=1S/C25H31N3O2S2/c1-3-4-16-28-24(19-31-25(28)26-22-8-6-5-7-9-22)21-10-12-23(13-11-21)32(29,30)27-17-14-20(2)15-18-27/h5-13,19-20H,3-4,14-18H2,1-2H3. The summed E-state index contributed by atoms with van der Waals surface area (Å²) in [6.45, 7) is 6.47. The van der Waals surface area contributed by atoms with E-state index in [0.29, 0.717) is 23.9 Å². The van der Waals surface area contributed by atoms with Gasteiger partial charge >= 0.3 is 0 Å². The predicted molar refractivity (Wildman–Crippen MR) is 131 cm³/mol. The summed E-state index contributed by atoms with van der Waals surface area (Å²) in [5.41, 5.74) is 3.02. The van der Waals surface area contributed by atoms with Crippen molar-refractivity contribution in [3.63, 3.8) is 0 Å². The van der Waals surface area contributed by atoms with Gasteiger partial charge in [-0.05, 0) is 55.0 Å². The quantitative estimate of drug-likeness (QED) is 0.448. The van der Waals surface area contributed by atoms with Crippen molar-refractivity contribution in [2.75, 3.05) is 13.1 Å². The van der Waals surface area contributed by atoms with Crippen LogP contribution in [0, 0.1) is 5.92 Å². The van der Waals surface area contributed by atoms with Gasteiger partial charge in [-0.15, -0.1) is 11.3 Å². The van der Waals surface area contributed by atoms with Crippen molar-refractivity contribution in [2.24, 2.45) is 10.9 Å². The zero-order chi connectivity index (χ0) is 22.6. The number of benzene rings is 2. The molecule has 0 unspecified atom stereocenters. The number of nitrogens with zero attached hydrogens (tertiary/aromatic N) is 3. The molecule has 0 bridgehead atoms. The largest absolute Gasteiger partial charge is 0.316 e. The van der Waals surface area contributed by atoms with Crippen LogP contribution < -0.4 is 4.80 Å². The van der Waals surface area contributed by atoms with Gasteiger partial charge in [0.25, 0.3) is 0 Å². The van der Waals surface area contributed by atoms with Crippen LogP contribution in [-0.4, -0.2) is 30.4 Å². The first-order valence-corrected chi connectivity index (χ1v) is 13.7. The fourth-order valence-electron chi connectivity index (χ4n) is 3.97. The number of unbranched alkanes of at least 4 members (excludes halogenated alkanes) is 1. The number of rotatable bonds is 7. The lowest BCUT2D eigenvalue weighted by Crippen LogP contribution is -2.37.